The molecule has 0 aliphatic heterocycles. The first-order chi connectivity index (χ1) is 15.4. The molecule has 0 aliphatic carbocycles. The lowest BCUT2D eigenvalue weighted by molar-refractivity contribution is -0.191. The highest BCUT2D eigenvalue weighted by molar-refractivity contribution is 5.85. The smallest absolute Gasteiger partial charge is 0.373 e. The van der Waals surface area contributed by atoms with Crippen molar-refractivity contribution in [3.63, 3.8) is 0 Å². The van der Waals surface area contributed by atoms with Gasteiger partial charge in [-0.25, -0.2) is 4.79 Å². The van der Waals surface area contributed by atoms with Crippen LogP contribution in [-0.4, -0.2) is 31.4 Å². The van der Waals surface area contributed by atoms with Gasteiger partial charge in [-0.1, -0.05) is 13.8 Å². The predicted octanol–water partition coefficient (Wildman–Crippen LogP) is 5.77. The Morgan fingerprint density at radius 1 is 0.818 bits per heavy atom. The molecule has 6 heteroatoms. The van der Waals surface area contributed by atoms with Crippen molar-refractivity contribution >= 4 is 23.5 Å². The van der Waals surface area contributed by atoms with Gasteiger partial charge in [-0.05, 0) is 106 Å². The number of carbonyl (C=O) groups is 1. The quantitative estimate of drug-likeness (QED) is 0.494. The van der Waals surface area contributed by atoms with Gasteiger partial charge >= 0.3 is 12.1 Å². The first-order valence-corrected chi connectivity index (χ1v) is 11.1. The summed E-state index contributed by atoms with van der Waals surface area (Å²) in [5.74, 6) is 0.726. The second-order valence-corrected chi connectivity index (χ2v) is 8.95. The van der Waals surface area contributed by atoms with Crippen LogP contribution in [0.5, 0.6) is 5.75 Å². The van der Waals surface area contributed by atoms with E-state index in [1.807, 2.05) is 27.7 Å². The van der Waals surface area contributed by atoms with Gasteiger partial charge in [0, 0.05) is 11.4 Å². The highest BCUT2D eigenvalue weighted by Gasteiger charge is 2.33. The minimum Gasteiger partial charge on any atom is -0.496 e. The molecule has 0 amide bonds. The Kier molecular flexibility index (Phi) is 10.3. The molecule has 0 aliphatic rings. The summed E-state index contributed by atoms with van der Waals surface area (Å²) in [5, 5.41) is 0. The molecule has 0 saturated carbocycles. The highest BCUT2D eigenvalue weighted by atomic mass is 16.5. The fourth-order valence-electron chi connectivity index (χ4n) is 3.99. The van der Waals surface area contributed by atoms with Crippen LogP contribution in [0.3, 0.4) is 0 Å². The maximum atomic E-state index is 13.2. The Bertz CT molecular complexity index is 958. The van der Waals surface area contributed by atoms with E-state index in [0.717, 1.165) is 28.3 Å². The van der Waals surface area contributed by atoms with E-state index in [1.54, 1.807) is 7.11 Å². The standard InChI is InChI=1S/C26H37NO3.CO2/c1-15(2)24(26(28)30-16(3)4)27(22-11-17(5)21(9)18(6)12-22)23-13-19(7)25(29-10)20(8)14-23;2-1-3/h11-16,24H,1-10H3;. The van der Waals surface area contributed by atoms with Crippen LogP contribution < -0.4 is 9.64 Å². The lowest BCUT2D eigenvalue weighted by Crippen LogP contribution is -2.44. The van der Waals surface area contributed by atoms with Crippen molar-refractivity contribution in [2.75, 3.05) is 12.0 Å². The SMILES string of the molecule is COc1c(C)cc(N(c2cc(C)c(C)c(C)c2)C(C(=O)OC(C)C)C(C)C)cc1C.O=C=O. The third-order valence-electron chi connectivity index (χ3n) is 5.62. The number of nitrogens with zero attached hydrogens (tertiary/aromatic N) is 1. The van der Waals surface area contributed by atoms with E-state index in [9.17, 15) is 4.79 Å². The van der Waals surface area contributed by atoms with Gasteiger partial charge in [0.15, 0.2) is 0 Å². The molecule has 2 rings (SSSR count). The number of rotatable bonds is 7. The maximum absolute atomic E-state index is 13.2. The van der Waals surface area contributed by atoms with Crippen molar-refractivity contribution in [1.29, 1.82) is 0 Å². The first kappa shape index (κ1) is 27.9. The number of carbonyl (C=O) groups excluding carboxylic acids is 3. The Labute approximate surface area is 197 Å². The molecule has 0 fully saturated rings. The molecular weight excluding hydrogens is 418 g/mol. The van der Waals surface area contributed by atoms with Crippen molar-refractivity contribution < 1.29 is 23.9 Å². The molecule has 2 aromatic rings. The number of aryl methyl sites for hydroxylation is 4. The fraction of sp³-hybridized carbons (Fsp3) is 0.481. The van der Waals surface area contributed by atoms with Crippen LogP contribution in [-0.2, 0) is 19.1 Å². The van der Waals surface area contributed by atoms with Crippen molar-refractivity contribution in [2.45, 2.75) is 74.5 Å². The zero-order chi connectivity index (χ0) is 25.5. The van der Waals surface area contributed by atoms with Crippen LogP contribution in [0.1, 0.15) is 55.5 Å². The van der Waals surface area contributed by atoms with Crippen LogP contribution in [0.4, 0.5) is 11.4 Å². The average Bonchev–Trinajstić information content (AvgIpc) is 2.69. The molecule has 180 valence electrons. The Morgan fingerprint density at radius 3 is 1.55 bits per heavy atom. The van der Waals surface area contributed by atoms with Gasteiger partial charge in [-0.3, -0.25) is 0 Å². The molecule has 0 aromatic heterocycles. The monoisotopic (exact) mass is 455 g/mol. The summed E-state index contributed by atoms with van der Waals surface area (Å²) < 4.78 is 11.2. The second kappa shape index (κ2) is 12.2. The van der Waals surface area contributed by atoms with E-state index in [0.29, 0.717) is 0 Å². The molecule has 6 nitrogen and oxygen atoms in total. The van der Waals surface area contributed by atoms with Crippen molar-refractivity contribution in [2.24, 2.45) is 5.92 Å². The summed E-state index contributed by atoms with van der Waals surface area (Å²) in [7, 11) is 1.69. The third-order valence-corrected chi connectivity index (χ3v) is 5.62. The summed E-state index contributed by atoms with van der Waals surface area (Å²) in [5.41, 5.74) is 7.72. The lowest BCUT2D eigenvalue weighted by atomic mass is 9.97. The number of methoxy groups -OCH3 is 1. The molecule has 1 unspecified atom stereocenters. The van der Waals surface area contributed by atoms with E-state index in [-0.39, 0.29) is 24.1 Å². The first-order valence-electron chi connectivity index (χ1n) is 11.1. The number of hydrogen-bond acceptors (Lipinski definition) is 6. The Hall–Kier alpha value is -3.11. The highest BCUT2D eigenvalue weighted by Crippen LogP contribution is 2.37. The number of ether oxygens (including phenoxy) is 2. The van der Waals surface area contributed by atoms with Gasteiger partial charge in [-0.2, -0.15) is 9.59 Å². The normalized spacial score (nSPS) is 11.4. The van der Waals surface area contributed by atoms with Crippen molar-refractivity contribution in [1.82, 2.24) is 0 Å². The summed E-state index contributed by atoms with van der Waals surface area (Å²) in [6, 6.07) is 8.06. The Morgan fingerprint density at radius 2 is 1.21 bits per heavy atom. The van der Waals surface area contributed by atoms with Gasteiger partial charge in [0.25, 0.3) is 0 Å². The van der Waals surface area contributed by atoms with E-state index in [1.165, 1.54) is 16.7 Å². The summed E-state index contributed by atoms with van der Waals surface area (Å²) >= 11 is 0. The molecule has 0 bridgehead atoms. The van der Waals surface area contributed by atoms with Crippen molar-refractivity contribution in [3.8, 4) is 5.75 Å². The van der Waals surface area contributed by atoms with E-state index in [4.69, 9.17) is 19.1 Å². The van der Waals surface area contributed by atoms with Gasteiger partial charge < -0.3 is 14.4 Å². The lowest BCUT2D eigenvalue weighted by Gasteiger charge is -2.36. The molecule has 0 N–H and O–H groups in total. The van der Waals surface area contributed by atoms with Crippen molar-refractivity contribution in [3.05, 3.63) is 52.1 Å². The Balaban J connectivity index is 0.00000172. The van der Waals surface area contributed by atoms with Gasteiger partial charge in [0.1, 0.15) is 11.8 Å². The zero-order valence-electron chi connectivity index (χ0n) is 21.5. The largest absolute Gasteiger partial charge is 0.496 e. The fourth-order valence-corrected chi connectivity index (χ4v) is 3.99. The molecule has 0 spiro atoms. The molecular formula is C27H37NO5. The third kappa shape index (κ3) is 6.93. The van der Waals surface area contributed by atoms with E-state index < -0.39 is 6.04 Å². The molecule has 1 atom stereocenters. The van der Waals surface area contributed by atoms with Crippen LogP contribution in [0.25, 0.3) is 0 Å². The van der Waals surface area contributed by atoms with Crippen LogP contribution in [0.15, 0.2) is 24.3 Å². The molecule has 2 aromatic carbocycles. The second-order valence-electron chi connectivity index (χ2n) is 8.95. The van der Waals surface area contributed by atoms with Gasteiger partial charge in [0.2, 0.25) is 0 Å². The topological polar surface area (TPSA) is 72.9 Å². The minimum atomic E-state index is -0.443. The summed E-state index contributed by atoms with van der Waals surface area (Å²) in [4.78, 5) is 31.6. The molecule has 0 heterocycles. The number of benzene rings is 2. The molecule has 0 radical (unpaired) electrons. The molecule has 33 heavy (non-hydrogen) atoms. The molecule has 0 saturated heterocycles. The van der Waals surface area contributed by atoms with Crippen LogP contribution in [0.2, 0.25) is 0 Å². The number of esters is 1. The zero-order valence-corrected chi connectivity index (χ0v) is 21.5. The summed E-state index contributed by atoms with van der Waals surface area (Å²) in [6.45, 7) is 18.4. The number of hydrogen-bond donors (Lipinski definition) is 0. The van der Waals surface area contributed by atoms with E-state index in [2.05, 4.69) is 63.8 Å². The number of anilines is 2. The van der Waals surface area contributed by atoms with Gasteiger partial charge in [0.05, 0.1) is 13.2 Å². The average molecular weight is 456 g/mol. The minimum absolute atomic E-state index is 0.0564. The van der Waals surface area contributed by atoms with Gasteiger partial charge in [-0.15, -0.1) is 0 Å². The predicted molar refractivity (Wildman–Crippen MR) is 130 cm³/mol. The van der Waals surface area contributed by atoms with E-state index >= 15 is 0 Å². The summed E-state index contributed by atoms with van der Waals surface area (Å²) in [6.07, 6.45) is 0.0847. The maximum Gasteiger partial charge on any atom is 0.373 e. The van der Waals surface area contributed by atoms with Crippen LogP contribution >= 0.6 is 0 Å². The van der Waals surface area contributed by atoms with Crippen LogP contribution in [0, 0.1) is 40.5 Å².